The number of likely N-dealkylation sites (tertiary alicyclic amines) is 1. The monoisotopic (exact) mass is 378 g/mol. The van der Waals surface area contributed by atoms with Crippen molar-refractivity contribution in [3.8, 4) is 5.75 Å². The summed E-state index contributed by atoms with van der Waals surface area (Å²) in [4.78, 5) is 15.2. The number of amides is 1. The SMILES string of the molecule is COc1cccc(CN2C[C@@H](C(=O)NCC3CC3)CC[C@@H]2c2ccccc2)c1. The van der Waals surface area contributed by atoms with Crippen LogP contribution in [0.3, 0.4) is 0 Å². The summed E-state index contributed by atoms with van der Waals surface area (Å²) >= 11 is 0. The standard InChI is InChI=1S/C24H30N2O2/c1-28-22-9-5-6-19(14-22)16-26-17-21(24(27)25-15-18-10-11-18)12-13-23(26)20-7-3-2-4-8-20/h2-9,14,18,21,23H,10-13,15-17H2,1H3,(H,25,27)/t21-,23+/m0/s1. The number of nitrogens with zero attached hydrogens (tertiary/aromatic N) is 1. The van der Waals surface area contributed by atoms with Gasteiger partial charge in [-0.2, -0.15) is 0 Å². The first-order valence-electron chi connectivity index (χ1n) is 10.4. The molecule has 148 valence electrons. The Morgan fingerprint density at radius 3 is 2.64 bits per heavy atom. The van der Waals surface area contributed by atoms with E-state index in [1.807, 2.05) is 12.1 Å². The molecule has 1 aliphatic heterocycles. The molecule has 4 rings (SSSR count). The molecule has 1 aliphatic carbocycles. The molecule has 4 nitrogen and oxygen atoms in total. The number of hydrogen-bond donors (Lipinski definition) is 1. The zero-order valence-electron chi connectivity index (χ0n) is 16.6. The molecule has 0 aromatic heterocycles. The van der Waals surface area contributed by atoms with E-state index in [0.717, 1.165) is 44.1 Å². The van der Waals surface area contributed by atoms with E-state index in [1.165, 1.54) is 24.0 Å². The normalized spacial score (nSPS) is 22.6. The van der Waals surface area contributed by atoms with Gasteiger partial charge in [0.05, 0.1) is 13.0 Å². The van der Waals surface area contributed by atoms with E-state index >= 15 is 0 Å². The maximum atomic E-state index is 12.7. The minimum absolute atomic E-state index is 0.0734. The Balaban J connectivity index is 1.49. The number of benzene rings is 2. The van der Waals surface area contributed by atoms with Crippen molar-refractivity contribution < 1.29 is 9.53 Å². The second-order valence-corrected chi connectivity index (χ2v) is 8.17. The maximum Gasteiger partial charge on any atom is 0.224 e. The van der Waals surface area contributed by atoms with Crippen molar-refractivity contribution in [1.29, 1.82) is 0 Å². The van der Waals surface area contributed by atoms with Crippen LogP contribution in [-0.4, -0.2) is 31.0 Å². The lowest BCUT2D eigenvalue weighted by Gasteiger charge is -2.39. The Morgan fingerprint density at radius 2 is 1.89 bits per heavy atom. The molecule has 1 saturated carbocycles. The number of piperidine rings is 1. The van der Waals surface area contributed by atoms with Crippen LogP contribution in [0, 0.1) is 11.8 Å². The zero-order valence-corrected chi connectivity index (χ0v) is 16.6. The fourth-order valence-corrected chi connectivity index (χ4v) is 4.20. The van der Waals surface area contributed by atoms with Crippen LogP contribution in [0.2, 0.25) is 0 Å². The third-order valence-corrected chi connectivity index (χ3v) is 6.02. The topological polar surface area (TPSA) is 41.6 Å². The lowest BCUT2D eigenvalue weighted by molar-refractivity contribution is -0.127. The van der Waals surface area contributed by atoms with Crippen molar-refractivity contribution in [2.75, 3.05) is 20.2 Å². The van der Waals surface area contributed by atoms with Crippen LogP contribution in [0.15, 0.2) is 54.6 Å². The highest BCUT2D eigenvalue weighted by atomic mass is 16.5. The Labute approximate surface area is 167 Å². The summed E-state index contributed by atoms with van der Waals surface area (Å²) < 4.78 is 5.39. The summed E-state index contributed by atoms with van der Waals surface area (Å²) in [6.45, 7) is 2.48. The Bertz CT molecular complexity index is 788. The Kier molecular flexibility index (Phi) is 5.96. The summed E-state index contributed by atoms with van der Waals surface area (Å²) in [5, 5.41) is 3.19. The van der Waals surface area contributed by atoms with Crippen LogP contribution in [0.1, 0.15) is 42.9 Å². The van der Waals surface area contributed by atoms with Gasteiger partial charge >= 0.3 is 0 Å². The van der Waals surface area contributed by atoms with Crippen molar-refractivity contribution in [2.24, 2.45) is 11.8 Å². The van der Waals surface area contributed by atoms with E-state index in [9.17, 15) is 4.79 Å². The molecular weight excluding hydrogens is 348 g/mol. The minimum atomic E-state index is 0.0734. The lowest BCUT2D eigenvalue weighted by Crippen LogP contribution is -2.44. The van der Waals surface area contributed by atoms with Gasteiger partial charge in [0, 0.05) is 25.7 Å². The first-order valence-corrected chi connectivity index (χ1v) is 10.4. The summed E-state index contributed by atoms with van der Waals surface area (Å²) in [6, 6.07) is 19.3. The smallest absolute Gasteiger partial charge is 0.224 e. The van der Waals surface area contributed by atoms with Crippen molar-refractivity contribution in [2.45, 2.75) is 38.3 Å². The fourth-order valence-electron chi connectivity index (χ4n) is 4.20. The van der Waals surface area contributed by atoms with Crippen LogP contribution in [0.4, 0.5) is 0 Å². The highest BCUT2D eigenvalue weighted by Gasteiger charge is 2.33. The molecule has 2 aromatic rings. The lowest BCUT2D eigenvalue weighted by atomic mass is 9.88. The molecule has 1 N–H and O–H groups in total. The number of ether oxygens (including phenoxy) is 1. The van der Waals surface area contributed by atoms with Gasteiger partial charge in [-0.05, 0) is 54.9 Å². The average molecular weight is 379 g/mol. The van der Waals surface area contributed by atoms with E-state index in [0.29, 0.717) is 6.04 Å². The summed E-state index contributed by atoms with van der Waals surface area (Å²) in [5.41, 5.74) is 2.56. The third-order valence-electron chi connectivity index (χ3n) is 6.02. The number of rotatable bonds is 7. The predicted molar refractivity (Wildman–Crippen MR) is 111 cm³/mol. The van der Waals surface area contributed by atoms with Gasteiger partial charge in [-0.25, -0.2) is 0 Å². The summed E-state index contributed by atoms with van der Waals surface area (Å²) in [6.07, 6.45) is 4.49. The van der Waals surface area contributed by atoms with Gasteiger partial charge in [-0.3, -0.25) is 9.69 Å². The molecule has 2 atom stereocenters. The fraction of sp³-hybridized carbons (Fsp3) is 0.458. The summed E-state index contributed by atoms with van der Waals surface area (Å²) in [5.74, 6) is 1.90. The molecule has 2 fully saturated rings. The molecular formula is C24H30N2O2. The van der Waals surface area contributed by atoms with Crippen LogP contribution >= 0.6 is 0 Å². The van der Waals surface area contributed by atoms with E-state index in [1.54, 1.807) is 7.11 Å². The second kappa shape index (κ2) is 8.78. The second-order valence-electron chi connectivity index (χ2n) is 8.17. The number of carbonyl (C=O) groups excluding carboxylic acids is 1. The Hall–Kier alpha value is -2.33. The zero-order chi connectivity index (χ0) is 19.3. The van der Waals surface area contributed by atoms with Gasteiger partial charge in [-0.15, -0.1) is 0 Å². The van der Waals surface area contributed by atoms with Crippen LogP contribution in [0.5, 0.6) is 5.75 Å². The molecule has 0 spiro atoms. The van der Waals surface area contributed by atoms with Crippen LogP contribution < -0.4 is 10.1 Å². The number of hydrogen-bond acceptors (Lipinski definition) is 3. The average Bonchev–Trinajstić information content (AvgIpc) is 3.57. The summed E-state index contributed by atoms with van der Waals surface area (Å²) in [7, 11) is 1.70. The van der Waals surface area contributed by atoms with Gasteiger partial charge in [0.15, 0.2) is 0 Å². The van der Waals surface area contributed by atoms with Crippen LogP contribution in [0.25, 0.3) is 0 Å². The highest BCUT2D eigenvalue weighted by Crippen LogP contribution is 2.35. The van der Waals surface area contributed by atoms with E-state index in [4.69, 9.17) is 4.74 Å². The first-order chi connectivity index (χ1) is 13.7. The van der Waals surface area contributed by atoms with E-state index in [-0.39, 0.29) is 11.8 Å². The maximum absolute atomic E-state index is 12.7. The quantitative estimate of drug-likeness (QED) is 0.786. The van der Waals surface area contributed by atoms with Gasteiger partial charge in [-0.1, -0.05) is 42.5 Å². The van der Waals surface area contributed by atoms with Crippen LogP contribution in [-0.2, 0) is 11.3 Å². The number of nitrogens with one attached hydrogen (secondary N) is 1. The van der Waals surface area contributed by atoms with Gasteiger partial charge in [0.2, 0.25) is 5.91 Å². The van der Waals surface area contributed by atoms with Crippen molar-refractivity contribution in [3.05, 3.63) is 65.7 Å². The Morgan fingerprint density at radius 1 is 1.07 bits per heavy atom. The number of methoxy groups -OCH3 is 1. The van der Waals surface area contributed by atoms with E-state index in [2.05, 4.69) is 52.7 Å². The molecule has 28 heavy (non-hydrogen) atoms. The predicted octanol–water partition coefficient (Wildman–Crippen LogP) is 4.17. The molecule has 1 heterocycles. The molecule has 1 saturated heterocycles. The molecule has 2 aromatic carbocycles. The van der Waals surface area contributed by atoms with Gasteiger partial charge in [0.25, 0.3) is 0 Å². The van der Waals surface area contributed by atoms with Gasteiger partial charge in [0.1, 0.15) is 5.75 Å². The molecule has 0 bridgehead atoms. The minimum Gasteiger partial charge on any atom is -0.497 e. The molecule has 4 heteroatoms. The first kappa shape index (κ1) is 19.0. The largest absolute Gasteiger partial charge is 0.497 e. The molecule has 0 radical (unpaired) electrons. The van der Waals surface area contributed by atoms with E-state index < -0.39 is 0 Å². The van der Waals surface area contributed by atoms with Crippen molar-refractivity contribution >= 4 is 5.91 Å². The molecule has 1 amide bonds. The third kappa shape index (κ3) is 4.74. The van der Waals surface area contributed by atoms with Crippen molar-refractivity contribution in [1.82, 2.24) is 10.2 Å². The van der Waals surface area contributed by atoms with Crippen molar-refractivity contribution in [3.63, 3.8) is 0 Å². The molecule has 2 aliphatic rings. The highest BCUT2D eigenvalue weighted by molar-refractivity contribution is 5.79. The number of carbonyl (C=O) groups is 1. The van der Waals surface area contributed by atoms with Gasteiger partial charge < -0.3 is 10.1 Å². The molecule has 0 unspecified atom stereocenters.